The first kappa shape index (κ1) is 22.5. The Hall–Kier alpha value is -2.70. The molecule has 168 valence electrons. The molecule has 1 amide bonds. The summed E-state index contributed by atoms with van der Waals surface area (Å²) in [6.07, 6.45) is 1.49. The zero-order chi connectivity index (χ0) is 22.7. The third-order valence-corrected chi connectivity index (χ3v) is 8.02. The molecule has 0 aromatic heterocycles. The molecule has 0 unspecified atom stereocenters. The first-order valence-corrected chi connectivity index (χ1v) is 12.6. The van der Waals surface area contributed by atoms with E-state index in [-0.39, 0.29) is 17.3 Å². The van der Waals surface area contributed by atoms with E-state index in [1.165, 1.54) is 9.87 Å². The van der Waals surface area contributed by atoms with E-state index >= 15 is 0 Å². The topological polar surface area (TPSA) is 57.7 Å². The van der Waals surface area contributed by atoms with Crippen LogP contribution in [-0.2, 0) is 27.8 Å². The SMILES string of the molecule is CC(C)CCN(CC(=O)N1CCc2ccccc2C1)S(=O)(=O)c1cccc2ccccc12. The number of sulfonamides is 1. The van der Waals surface area contributed by atoms with Crippen LogP contribution < -0.4 is 0 Å². The third kappa shape index (κ3) is 4.71. The molecular weight excluding hydrogens is 420 g/mol. The number of nitrogens with zero attached hydrogens (tertiary/aromatic N) is 2. The van der Waals surface area contributed by atoms with Gasteiger partial charge in [-0.2, -0.15) is 4.31 Å². The Morgan fingerprint density at radius 2 is 1.66 bits per heavy atom. The fraction of sp³-hybridized carbons (Fsp3) is 0.346. The second kappa shape index (κ2) is 9.43. The summed E-state index contributed by atoms with van der Waals surface area (Å²) in [5, 5.41) is 1.56. The average molecular weight is 451 g/mol. The van der Waals surface area contributed by atoms with Crippen LogP contribution in [0.15, 0.2) is 71.6 Å². The third-order valence-electron chi connectivity index (χ3n) is 6.12. The molecule has 6 heteroatoms. The summed E-state index contributed by atoms with van der Waals surface area (Å²) in [5.74, 6) is 0.184. The van der Waals surface area contributed by atoms with Gasteiger partial charge < -0.3 is 4.90 Å². The molecule has 0 atom stereocenters. The van der Waals surface area contributed by atoms with Crippen molar-refractivity contribution in [3.8, 4) is 0 Å². The van der Waals surface area contributed by atoms with Crippen molar-refractivity contribution in [1.29, 1.82) is 0 Å². The highest BCUT2D eigenvalue weighted by atomic mass is 32.2. The molecule has 32 heavy (non-hydrogen) atoms. The van der Waals surface area contributed by atoms with Crippen molar-refractivity contribution in [1.82, 2.24) is 9.21 Å². The van der Waals surface area contributed by atoms with Gasteiger partial charge in [0.05, 0.1) is 11.4 Å². The molecule has 3 aromatic rings. The van der Waals surface area contributed by atoms with Crippen LogP contribution in [0.25, 0.3) is 10.8 Å². The molecule has 0 saturated heterocycles. The van der Waals surface area contributed by atoms with Gasteiger partial charge in [0.2, 0.25) is 15.9 Å². The summed E-state index contributed by atoms with van der Waals surface area (Å²) in [4.78, 5) is 15.3. The number of carbonyl (C=O) groups excluding carboxylic acids is 1. The molecule has 0 aliphatic carbocycles. The van der Waals surface area contributed by atoms with Gasteiger partial charge in [-0.1, -0.05) is 74.5 Å². The standard InChI is InChI=1S/C26H30N2O3S/c1-20(2)14-17-28(19-26(29)27-16-15-21-8-3-4-10-23(21)18-27)32(30,31)25-13-7-11-22-9-5-6-12-24(22)25/h3-13,20H,14-19H2,1-2H3. The maximum Gasteiger partial charge on any atom is 0.244 e. The number of amides is 1. The second-order valence-corrected chi connectivity index (χ2v) is 10.7. The number of hydrogen-bond donors (Lipinski definition) is 0. The molecule has 3 aromatic carbocycles. The quantitative estimate of drug-likeness (QED) is 0.534. The molecule has 5 nitrogen and oxygen atoms in total. The van der Waals surface area contributed by atoms with Crippen LogP contribution in [0, 0.1) is 5.92 Å². The molecule has 0 fully saturated rings. The van der Waals surface area contributed by atoms with Crippen molar-refractivity contribution in [2.45, 2.75) is 38.1 Å². The monoisotopic (exact) mass is 450 g/mol. The largest absolute Gasteiger partial charge is 0.337 e. The van der Waals surface area contributed by atoms with Crippen molar-refractivity contribution >= 4 is 26.7 Å². The van der Waals surface area contributed by atoms with Gasteiger partial charge in [0.15, 0.2) is 0 Å². The molecule has 1 aliphatic rings. The maximum atomic E-state index is 13.7. The number of hydrogen-bond acceptors (Lipinski definition) is 3. The first-order valence-electron chi connectivity index (χ1n) is 11.2. The van der Waals surface area contributed by atoms with Crippen LogP contribution in [0.4, 0.5) is 0 Å². The maximum absolute atomic E-state index is 13.7. The molecule has 1 aliphatic heterocycles. The first-order chi connectivity index (χ1) is 15.4. The van der Waals surface area contributed by atoms with Crippen LogP contribution >= 0.6 is 0 Å². The molecule has 4 rings (SSSR count). The number of benzene rings is 3. The molecule has 0 N–H and O–H groups in total. The summed E-state index contributed by atoms with van der Waals surface area (Å²) in [6, 6.07) is 20.9. The zero-order valence-corrected chi connectivity index (χ0v) is 19.5. The van der Waals surface area contributed by atoms with Gasteiger partial charge in [0, 0.05) is 25.0 Å². The van der Waals surface area contributed by atoms with Gasteiger partial charge in [-0.05, 0) is 41.3 Å². The van der Waals surface area contributed by atoms with Crippen LogP contribution in [0.3, 0.4) is 0 Å². The minimum atomic E-state index is -3.83. The van der Waals surface area contributed by atoms with E-state index in [1.54, 1.807) is 17.0 Å². The Bertz CT molecular complexity index is 1220. The van der Waals surface area contributed by atoms with Crippen LogP contribution in [-0.4, -0.2) is 43.2 Å². The smallest absolute Gasteiger partial charge is 0.244 e. The lowest BCUT2D eigenvalue weighted by atomic mass is 10.00. The zero-order valence-electron chi connectivity index (χ0n) is 18.7. The Kier molecular flexibility index (Phi) is 6.63. The predicted molar refractivity (Wildman–Crippen MR) is 128 cm³/mol. The highest BCUT2D eigenvalue weighted by molar-refractivity contribution is 7.89. The lowest BCUT2D eigenvalue weighted by Gasteiger charge is -2.31. The van der Waals surface area contributed by atoms with Gasteiger partial charge in [-0.25, -0.2) is 8.42 Å². The Labute approximate surface area is 190 Å². The fourth-order valence-corrected chi connectivity index (χ4v) is 5.82. The van der Waals surface area contributed by atoms with Crippen molar-refractivity contribution in [2.24, 2.45) is 5.92 Å². The number of fused-ring (bicyclic) bond motifs is 2. The number of carbonyl (C=O) groups is 1. The molecule has 0 spiro atoms. The normalized spacial score (nSPS) is 14.2. The minimum Gasteiger partial charge on any atom is -0.337 e. The van der Waals surface area contributed by atoms with Gasteiger partial charge in [-0.15, -0.1) is 0 Å². The Balaban J connectivity index is 1.61. The summed E-state index contributed by atoms with van der Waals surface area (Å²) in [5.41, 5.74) is 2.40. The summed E-state index contributed by atoms with van der Waals surface area (Å²) in [7, 11) is -3.83. The molecule has 0 bridgehead atoms. The predicted octanol–water partition coefficient (Wildman–Crippen LogP) is 4.46. The summed E-state index contributed by atoms with van der Waals surface area (Å²) in [6.45, 7) is 5.45. The van der Waals surface area contributed by atoms with E-state index in [9.17, 15) is 13.2 Å². The summed E-state index contributed by atoms with van der Waals surface area (Å²) >= 11 is 0. The fourth-order valence-electron chi connectivity index (χ4n) is 4.21. The molecule has 1 heterocycles. The van der Waals surface area contributed by atoms with E-state index in [2.05, 4.69) is 19.9 Å². The van der Waals surface area contributed by atoms with Gasteiger partial charge in [0.1, 0.15) is 0 Å². The van der Waals surface area contributed by atoms with Crippen molar-refractivity contribution < 1.29 is 13.2 Å². The molecule has 0 saturated carbocycles. The number of rotatable bonds is 7. The average Bonchev–Trinajstić information content (AvgIpc) is 2.80. The lowest BCUT2D eigenvalue weighted by molar-refractivity contribution is -0.132. The van der Waals surface area contributed by atoms with Crippen LogP contribution in [0.2, 0.25) is 0 Å². The van der Waals surface area contributed by atoms with Gasteiger partial charge in [-0.3, -0.25) is 4.79 Å². The highest BCUT2D eigenvalue weighted by Gasteiger charge is 2.30. The Morgan fingerprint density at radius 3 is 2.44 bits per heavy atom. The van der Waals surface area contributed by atoms with Crippen LogP contribution in [0.1, 0.15) is 31.4 Å². The van der Waals surface area contributed by atoms with E-state index in [1.807, 2.05) is 48.5 Å². The highest BCUT2D eigenvalue weighted by Crippen LogP contribution is 2.27. The van der Waals surface area contributed by atoms with Crippen molar-refractivity contribution in [3.05, 3.63) is 77.9 Å². The van der Waals surface area contributed by atoms with Gasteiger partial charge >= 0.3 is 0 Å². The van der Waals surface area contributed by atoms with E-state index in [0.29, 0.717) is 37.4 Å². The van der Waals surface area contributed by atoms with E-state index < -0.39 is 10.0 Å². The minimum absolute atomic E-state index is 0.138. The van der Waals surface area contributed by atoms with Crippen molar-refractivity contribution in [2.75, 3.05) is 19.6 Å². The second-order valence-electron chi connectivity index (χ2n) is 8.83. The molecule has 0 radical (unpaired) electrons. The lowest BCUT2D eigenvalue weighted by Crippen LogP contribution is -2.45. The van der Waals surface area contributed by atoms with Crippen LogP contribution in [0.5, 0.6) is 0 Å². The van der Waals surface area contributed by atoms with Gasteiger partial charge in [0.25, 0.3) is 0 Å². The molecular formula is C26H30N2O3S. The Morgan fingerprint density at radius 1 is 0.969 bits per heavy atom. The van der Waals surface area contributed by atoms with E-state index in [4.69, 9.17) is 0 Å². The summed E-state index contributed by atoms with van der Waals surface area (Å²) < 4.78 is 28.8. The van der Waals surface area contributed by atoms with E-state index in [0.717, 1.165) is 17.4 Å². The van der Waals surface area contributed by atoms with Crippen molar-refractivity contribution in [3.63, 3.8) is 0 Å².